The quantitative estimate of drug-likeness (QED) is 0.688. The number of para-hydroxylation sites is 1. The van der Waals surface area contributed by atoms with Crippen molar-refractivity contribution in [2.45, 2.75) is 53.1 Å². The molecule has 1 aliphatic heterocycles. The first-order chi connectivity index (χ1) is 13.3. The molecule has 0 spiro atoms. The SMILES string of the molecule is CCOc1cccc([C@@H]2NC(=O)c3c(sc4c3CC[C@@H](C(C)(C)C)C4)N2)c1O. The van der Waals surface area contributed by atoms with E-state index in [0.717, 1.165) is 29.8 Å². The second-order valence-corrected chi connectivity index (χ2v) is 9.80. The van der Waals surface area contributed by atoms with E-state index in [0.29, 0.717) is 23.8 Å². The number of nitrogens with one attached hydrogen (secondary N) is 2. The van der Waals surface area contributed by atoms with Gasteiger partial charge in [-0.3, -0.25) is 4.79 Å². The van der Waals surface area contributed by atoms with Crippen molar-refractivity contribution in [2.24, 2.45) is 11.3 Å². The topological polar surface area (TPSA) is 70.6 Å². The highest BCUT2D eigenvalue weighted by molar-refractivity contribution is 7.16. The number of rotatable bonds is 3. The third-order valence-electron chi connectivity index (χ3n) is 5.91. The number of hydrogen-bond acceptors (Lipinski definition) is 5. The zero-order chi connectivity index (χ0) is 20.1. The van der Waals surface area contributed by atoms with Gasteiger partial charge < -0.3 is 20.5 Å². The smallest absolute Gasteiger partial charge is 0.256 e. The number of aromatic hydroxyl groups is 1. The summed E-state index contributed by atoms with van der Waals surface area (Å²) in [6.07, 6.45) is 2.63. The lowest BCUT2D eigenvalue weighted by atomic mass is 9.72. The van der Waals surface area contributed by atoms with E-state index in [-0.39, 0.29) is 17.1 Å². The summed E-state index contributed by atoms with van der Waals surface area (Å²) < 4.78 is 5.49. The molecule has 2 atom stereocenters. The van der Waals surface area contributed by atoms with Crippen LogP contribution in [0.15, 0.2) is 18.2 Å². The molecule has 0 radical (unpaired) electrons. The zero-order valence-corrected chi connectivity index (χ0v) is 17.7. The molecule has 0 unspecified atom stereocenters. The molecule has 6 heteroatoms. The van der Waals surface area contributed by atoms with E-state index in [2.05, 4.69) is 31.4 Å². The second-order valence-electron chi connectivity index (χ2n) is 8.69. The highest BCUT2D eigenvalue weighted by atomic mass is 32.1. The molecule has 0 bridgehead atoms. The van der Waals surface area contributed by atoms with Crippen LogP contribution in [0.5, 0.6) is 11.5 Å². The minimum Gasteiger partial charge on any atom is -0.504 e. The summed E-state index contributed by atoms with van der Waals surface area (Å²) in [5, 5.41) is 17.9. The molecular weight excluding hydrogens is 372 g/mol. The number of ether oxygens (including phenoxy) is 1. The third kappa shape index (κ3) is 3.24. The fraction of sp³-hybridized carbons (Fsp3) is 0.500. The van der Waals surface area contributed by atoms with Crippen LogP contribution in [0.25, 0.3) is 0 Å². The summed E-state index contributed by atoms with van der Waals surface area (Å²) in [7, 11) is 0. The molecule has 2 aromatic rings. The van der Waals surface area contributed by atoms with Crippen LogP contribution < -0.4 is 15.4 Å². The van der Waals surface area contributed by atoms with Crippen LogP contribution in [-0.4, -0.2) is 17.6 Å². The standard InChI is InChI=1S/C22H28N2O3S/c1-5-27-15-8-6-7-14(18(15)25)19-23-20(26)17-13-10-9-12(22(2,3)4)11-16(13)28-21(17)24-19/h6-8,12,19,24-25H,5,9-11H2,1-4H3,(H,23,26)/t12-,19-/m1/s1. The summed E-state index contributed by atoms with van der Waals surface area (Å²) in [5.74, 6) is 1.07. The van der Waals surface area contributed by atoms with E-state index >= 15 is 0 Å². The maximum Gasteiger partial charge on any atom is 0.256 e. The van der Waals surface area contributed by atoms with Gasteiger partial charge in [0.05, 0.1) is 12.2 Å². The second kappa shape index (κ2) is 6.99. The van der Waals surface area contributed by atoms with Gasteiger partial charge in [0.1, 0.15) is 11.2 Å². The maximum atomic E-state index is 12.9. The number of amides is 1. The number of carbonyl (C=O) groups is 1. The van der Waals surface area contributed by atoms with E-state index in [1.165, 1.54) is 10.4 Å². The molecule has 1 aromatic heterocycles. The molecule has 1 amide bonds. The van der Waals surface area contributed by atoms with Crippen molar-refractivity contribution in [3.63, 3.8) is 0 Å². The highest BCUT2D eigenvalue weighted by Crippen LogP contribution is 2.46. The van der Waals surface area contributed by atoms with Crippen molar-refractivity contribution in [1.82, 2.24) is 5.32 Å². The number of phenols is 1. The predicted octanol–water partition coefficient (Wildman–Crippen LogP) is 4.86. The first-order valence-corrected chi connectivity index (χ1v) is 10.8. The van der Waals surface area contributed by atoms with E-state index in [1.54, 1.807) is 17.4 Å². The van der Waals surface area contributed by atoms with Crippen molar-refractivity contribution >= 4 is 22.2 Å². The van der Waals surface area contributed by atoms with Crippen molar-refractivity contribution in [1.29, 1.82) is 0 Å². The fourth-order valence-electron chi connectivity index (χ4n) is 4.24. The van der Waals surface area contributed by atoms with Crippen LogP contribution in [-0.2, 0) is 12.8 Å². The van der Waals surface area contributed by atoms with Crippen LogP contribution >= 0.6 is 11.3 Å². The molecule has 0 saturated heterocycles. The molecule has 1 aromatic carbocycles. The third-order valence-corrected chi connectivity index (χ3v) is 7.09. The van der Waals surface area contributed by atoms with Gasteiger partial charge in [0.25, 0.3) is 5.91 Å². The molecule has 0 fully saturated rings. The van der Waals surface area contributed by atoms with Gasteiger partial charge in [0.15, 0.2) is 11.5 Å². The number of anilines is 1. The molecular formula is C22H28N2O3S. The van der Waals surface area contributed by atoms with E-state index in [4.69, 9.17) is 4.74 Å². The Hall–Kier alpha value is -2.21. The molecule has 5 nitrogen and oxygen atoms in total. The largest absolute Gasteiger partial charge is 0.504 e. The summed E-state index contributed by atoms with van der Waals surface area (Å²) in [6.45, 7) is 9.24. The van der Waals surface area contributed by atoms with Gasteiger partial charge >= 0.3 is 0 Å². The molecule has 150 valence electrons. The molecule has 4 rings (SSSR count). The van der Waals surface area contributed by atoms with Crippen LogP contribution in [0.3, 0.4) is 0 Å². The molecule has 2 aliphatic rings. The van der Waals surface area contributed by atoms with Gasteiger partial charge in [-0.25, -0.2) is 0 Å². The van der Waals surface area contributed by atoms with Gasteiger partial charge in [-0.2, -0.15) is 0 Å². The predicted molar refractivity (Wildman–Crippen MR) is 112 cm³/mol. The number of thiophene rings is 1. The van der Waals surface area contributed by atoms with Gasteiger partial charge in [0, 0.05) is 10.4 Å². The van der Waals surface area contributed by atoms with Crippen LogP contribution in [0.4, 0.5) is 5.00 Å². The summed E-state index contributed by atoms with van der Waals surface area (Å²) in [6, 6.07) is 5.37. The van der Waals surface area contributed by atoms with Crippen molar-refractivity contribution in [2.75, 3.05) is 11.9 Å². The van der Waals surface area contributed by atoms with Gasteiger partial charge in [-0.15, -0.1) is 11.3 Å². The number of carbonyl (C=O) groups excluding carboxylic acids is 1. The molecule has 28 heavy (non-hydrogen) atoms. The lowest BCUT2D eigenvalue weighted by Gasteiger charge is -2.34. The minimum atomic E-state index is -0.473. The number of hydrogen-bond donors (Lipinski definition) is 3. The fourth-order valence-corrected chi connectivity index (χ4v) is 5.59. The first-order valence-electron chi connectivity index (χ1n) is 9.96. The molecule has 2 heterocycles. The maximum absolute atomic E-state index is 12.9. The van der Waals surface area contributed by atoms with Crippen molar-refractivity contribution in [3.8, 4) is 11.5 Å². The van der Waals surface area contributed by atoms with Gasteiger partial charge in [0.2, 0.25) is 0 Å². The lowest BCUT2D eigenvalue weighted by molar-refractivity contribution is 0.0934. The van der Waals surface area contributed by atoms with Crippen LogP contribution in [0, 0.1) is 11.3 Å². The molecule has 0 saturated carbocycles. The minimum absolute atomic E-state index is 0.0633. The number of phenolic OH excluding ortho intramolecular Hbond substituents is 1. The lowest BCUT2D eigenvalue weighted by Crippen LogP contribution is -2.38. The number of benzene rings is 1. The summed E-state index contributed by atoms with van der Waals surface area (Å²) >= 11 is 1.70. The normalized spacial score (nSPS) is 21.4. The average molecular weight is 401 g/mol. The van der Waals surface area contributed by atoms with E-state index in [1.807, 2.05) is 19.1 Å². The highest BCUT2D eigenvalue weighted by Gasteiger charge is 2.37. The summed E-state index contributed by atoms with van der Waals surface area (Å²) in [4.78, 5) is 14.3. The van der Waals surface area contributed by atoms with Crippen molar-refractivity contribution in [3.05, 3.63) is 39.8 Å². The van der Waals surface area contributed by atoms with Crippen LogP contribution in [0.1, 0.15) is 66.6 Å². The first kappa shape index (κ1) is 19.1. The Morgan fingerprint density at radius 3 is 2.79 bits per heavy atom. The van der Waals surface area contributed by atoms with Gasteiger partial charge in [-0.1, -0.05) is 32.9 Å². The Balaban J connectivity index is 1.65. The monoisotopic (exact) mass is 400 g/mol. The Kier molecular flexibility index (Phi) is 4.78. The average Bonchev–Trinajstić information content (AvgIpc) is 3.01. The zero-order valence-electron chi connectivity index (χ0n) is 16.9. The summed E-state index contributed by atoms with van der Waals surface area (Å²) in [5.41, 5.74) is 2.88. The van der Waals surface area contributed by atoms with Crippen molar-refractivity contribution < 1.29 is 14.6 Å². The van der Waals surface area contributed by atoms with E-state index in [9.17, 15) is 9.90 Å². The number of fused-ring (bicyclic) bond motifs is 3. The molecule has 1 aliphatic carbocycles. The Bertz CT molecular complexity index is 913. The molecule has 3 N–H and O–H groups in total. The Morgan fingerprint density at radius 1 is 1.29 bits per heavy atom. The van der Waals surface area contributed by atoms with Crippen LogP contribution in [0.2, 0.25) is 0 Å². The van der Waals surface area contributed by atoms with E-state index < -0.39 is 6.17 Å². The van der Waals surface area contributed by atoms with Gasteiger partial charge in [-0.05, 0) is 49.1 Å². The Labute approximate surface area is 170 Å². The Morgan fingerprint density at radius 2 is 2.07 bits per heavy atom.